The lowest BCUT2D eigenvalue weighted by Crippen LogP contribution is -2.44. The first kappa shape index (κ1) is 16.3. The smallest absolute Gasteiger partial charge is 0.308 e. The first-order valence-corrected chi connectivity index (χ1v) is 7.47. The molecule has 1 aliphatic carbocycles. The molecule has 1 amide bonds. The zero-order valence-corrected chi connectivity index (χ0v) is 12.3. The topological polar surface area (TPSA) is 75.6 Å². The van der Waals surface area contributed by atoms with Crippen LogP contribution in [-0.2, 0) is 9.59 Å². The summed E-state index contributed by atoms with van der Waals surface area (Å²) in [6.07, 6.45) is 3.93. The van der Waals surface area contributed by atoms with Gasteiger partial charge in [0.15, 0.2) is 18.2 Å². The minimum atomic E-state index is -0.887. The molecule has 1 aromatic rings. The van der Waals surface area contributed by atoms with Crippen LogP contribution >= 0.6 is 0 Å². The van der Waals surface area contributed by atoms with E-state index in [1.54, 1.807) is 6.07 Å². The highest BCUT2D eigenvalue weighted by atomic mass is 19.1. The van der Waals surface area contributed by atoms with Crippen LogP contribution in [0, 0.1) is 11.7 Å². The summed E-state index contributed by atoms with van der Waals surface area (Å²) in [5.41, 5.74) is 0. The van der Waals surface area contributed by atoms with E-state index >= 15 is 0 Å². The second-order valence-electron chi connectivity index (χ2n) is 5.48. The molecule has 0 heterocycles. The van der Waals surface area contributed by atoms with Gasteiger partial charge in [0.05, 0.1) is 5.92 Å². The number of halogens is 1. The number of nitrogens with one attached hydrogen (secondary N) is 1. The molecule has 1 saturated carbocycles. The molecule has 0 aromatic heterocycles. The van der Waals surface area contributed by atoms with Gasteiger partial charge in [-0.1, -0.05) is 31.4 Å². The first-order chi connectivity index (χ1) is 10.6. The zero-order chi connectivity index (χ0) is 15.9. The third kappa shape index (κ3) is 4.44. The number of benzene rings is 1. The fraction of sp³-hybridized carbons (Fsp3) is 0.500. The molecule has 0 spiro atoms. The summed E-state index contributed by atoms with van der Waals surface area (Å²) in [7, 11) is 0. The second kappa shape index (κ2) is 7.77. The number of hydrogen-bond donors (Lipinski definition) is 2. The van der Waals surface area contributed by atoms with Crippen molar-refractivity contribution in [2.24, 2.45) is 5.92 Å². The number of rotatable bonds is 5. The van der Waals surface area contributed by atoms with E-state index in [1.807, 2.05) is 0 Å². The molecule has 0 aliphatic heterocycles. The molecule has 22 heavy (non-hydrogen) atoms. The van der Waals surface area contributed by atoms with Crippen LogP contribution in [0.2, 0.25) is 0 Å². The van der Waals surface area contributed by atoms with E-state index in [2.05, 4.69) is 5.32 Å². The van der Waals surface area contributed by atoms with Crippen molar-refractivity contribution < 1.29 is 23.8 Å². The molecule has 0 unspecified atom stereocenters. The number of carboxylic acids is 1. The third-order valence-electron chi connectivity index (χ3n) is 3.87. The summed E-state index contributed by atoms with van der Waals surface area (Å²) < 4.78 is 18.5. The monoisotopic (exact) mass is 309 g/mol. The number of para-hydroxylation sites is 1. The Bertz CT molecular complexity index is 535. The minimum Gasteiger partial charge on any atom is -0.481 e. The molecule has 1 aliphatic rings. The number of carbonyl (C=O) groups excluding carboxylic acids is 1. The summed E-state index contributed by atoms with van der Waals surface area (Å²) in [4.78, 5) is 23.2. The number of carbonyl (C=O) groups is 2. The Hall–Kier alpha value is -2.11. The summed E-state index contributed by atoms with van der Waals surface area (Å²) in [5, 5.41) is 12.0. The molecule has 2 rings (SSSR count). The third-order valence-corrected chi connectivity index (χ3v) is 3.87. The van der Waals surface area contributed by atoms with Crippen molar-refractivity contribution in [3.8, 4) is 5.75 Å². The van der Waals surface area contributed by atoms with Gasteiger partial charge in [-0.25, -0.2) is 4.39 Å². The molecule has 0 bridgehead atoms. The lowest BCUT2D eigenvalue weighted by Gasteiger charge is -2.22. The molecule has 0 saturated heterocycles. The van der Waals surface area contributed by atoms with E-state index in [0.29, 0.717) is 12.8 Å². The Morgan fingerprint density at radius 2 is 1.95 bits per heavy atom. The lowest BCUT2D eigenvalue weighted by molar-refractivity contribution is -0.143. The van der Waals surface area contributed by atoms with E-state index in [9.17, 15) is 19.1 Å². The van der Waals surface area contributed by atoms with Gasteiger partial charge in [0, 0.05) is 6.04 Å². The molecule has 120 valence electrons. The van der Waals surface area contributed by atoms with Crippen molar-refractivity contribution in [1.82, 2.24) is 5.32 Å². The zero-order valence-electron chi connectivity index (χ0n) is 12.3. The number of ether oxygens (including phenoxy) is 1. The van der Waals surface area contributed by atoms with Gasteiger partial charge in [-0.2, -0.15) is 0 Å². The van der Waals surface area contributed by atoms with Gasteiger partial charge in [0.1, 0.15) is 0 Å². The molecule has 5 nitrogen and oxygen atoms in total. The predicted octanol–water partition coefficient (Wildman–Crippen LogP) is 2.35. The Kier molecular flexibility index (Phi) is 5.75. The number of carboxylic acid groups (broad SMARTS) is 1. The van der Waals surface area contributed by atoms with Crippen molar-refractivity contribution in [2.45, 2.75) is 38.1 Å². The van der Waals surface area contributed by atoms with E-state index in [0.717, 1.165) is 19.3 Å². The summed E-state index contributed by atoms with van der Waals surface area (Å²) in [5.74, 6) is -2.41. The summed E-state index contributed by atoms with van der Waals surface area (Å²) in [6.45, 7) is -0.330. The molecule has 6 heteroatoms. The average molecular weight is 309 g/mol. The Balaban J connectivity index is 1.89. The van der Waals surface area contributed by atoms with Crippen LogP contribution in [0.5, 0.6) is 5.75 Å². The fourth-order valence-corrected chi connectivity index (χ4v) is 2.73. The molecule has 2 atom stereocenters. The van der Waals surface area contributed by atoms with Crippen molar-refractivity contribution in [3.05, 3.63) is 30.1 Å². The van der Waals surface area contributed by atoms with Crippen LogP contribution in [0.4, 0.5) is 4.39 Å². The number of amides is 1. The van der Waals surface area contributed by atoms with Crippen molar-refractivity contribution in [2.75, 3.05) is 6.61 Å². The molecule has 1 fully saturated rings. The Morgan fingerprint density at radius 3 is 2.68 bits per heavy atom. The van der Waals surface area contributed by atoms with Crippen LogP contribution in [0.3, 0.4) is 0 Å². The SMILES string of the molecule is O=C(COc1ccccc1F)N[C@H]1CCCCC[C@H]1C(=O)O. The maximum atomic E-state index is 13.4. The van der Waals surface area contributed by atoms with Gasteiger partial charge in [0.25, 0.3) is 5.91 Å². The highest BCUT2D eigenvalue weighted by molar-refractivity contribution is 5.79. The van der Waals surface area contributed by atoms with Crippen LogP contribution in [0.1, 0.15) is 32.1 Å². The van der Waals surface area contributed by atoms with Crippen LogP contribution in [0.25, 0.3) is 0 Å². The van der Waals surface area contributed by atoms with Crippen LogP contribution in [-0.4, -0.2) is 29.6 Å². The van der Waals surface area contributed by atoms with Gasteiger partial charge in [-0.05, 0) is 25.0 Å². The van der Waals surface area contributed by atoms with Gasteiger partial charge >= 0.3 is 5.97 Å². The maximum Gasteiger partial charge on any atom is 0.308 e. The van der Waals surface area contributed by atoms with E-state index in [-0.39, 0.29) is 12.4 Å². The van der Waals surface area contributed by atoms with Crippen LogP contribution in [0.15, 0.2) is 24.3 Å². The van der Waals surface area contributed by atoms with Gasteiger partial charge in [-0.3, -0.25) is 9.59 Å². The maximum absolute atomic E-state index is 13.4. The summed E-state index contributed by atoms with van der Waals surface area (Å²) >= 11 is 0. The molecule has 2 N–H and O–H groups in total. The highest BCUT2D eigenvalue weighted by Crippen LogP contribution is 2.24. The predicted molar refractivity (Wildman–Crippen MR) is 78.0 cm³/mol. The quantitative estimate of drug-likeness (QED) is 0.819. The van der Waals surface area contributed by atoms with Crippen molar-refractivity contribution in [3.63, 3.8) is 0 Å². The first-order valence-electron chi connectivity index (χ1n) is 7.47. The van der Waals surface area contributed by atoms with E-state index in [1.165, 1.54) is 18.2 Å². The number of aliphatic carboxylic acids is 1. The van der Waals surface area contributed by atoms with Crippen molar-refractivity contribution in [1.29, 1.82) is 0 Å². The van der Waals surface area contributed by atoms with Crippen molar-refractivity contribution >= 4 is 11.9 Å². The number of hydrogen-bond acceptors (Lipinski definition) is 3. The van der Waals surface area contributed by atoms with Gasteiger partial charge in [0.2, 0.25) is 0 Å². The minimum absolute atomic E-state index is 0.00769. The fourth-order valence-electron chi connectivity index (χ4n) is 2.73. The largest absolute Gasteiger partial charge is 0.481 e. The van der Waals surface area contributed by atoms with E-state index in [4.69, 9.17) is 4.74 Å². The normalized spacial score (nSPS) is 21.7. The molecule has 0 radical (unpaired) electrons. The second-order valence-corrected chi connectivity index (χ2v) is 5.48. The summed E-state index contributed by atoms with van der Waals surface area (Å²) in [6, 6.07) is 5.44. The average Bonchev–Trinajstić information content (AvgIpc) is 2.72. The van der Waals surface area contributed by atoms with Gasteiger partial charge < -0.3 is 15.2 Å². The molecular formula is C16H20FNO4. The lowest BCUT2D eigenvalue weighted by atomic mass is 9.95. The Labute approximate surface area is 128 Å². The molecular weight excluding hydrogens is 289 g/mol. The van der Waals surface area contributed by atoms with Crippen LogP contribution < -0.4 is 10.1 Å². The Morgan fingerprint density at radius 1 is 1.23 bits per heavy atom. The van der Waals surface area contributed by atoms with Gasteiger partial charge in [-0.15, -0.1) is 0 Å². The molecule has 1 aromatic carbocycles. The standard InChI is InChI=1S/C16H20FNO4/c17-12-7-4-5-9-14(12)22-10-15(19)18-13-8-3-1-2-6-11(13)16(20)21/h4-5,7,9,11,13H,1-3,6,8,10H2,(H,18,19)(H,20,21)/t11-,13+/m1/s1. The highest BCUT2D eigenvalue weighted by Gasteiger charge is 2.30. The van der Waals surface area contributed by atoms with E-state index < -0.39 is 29.7 Å².